The standard InChI is InChI=1S/C19H20ClNO5S/c1-3-26-19(23)17(16(20)18(22)14-7-5-4-6-8-14)21-27(24,25)15-11-9-13(2)10-12-15/h4-12,16-17,21H,3H2,1-2H3. The van der Waals surface area contributed by atoms with Gasteiger partial charge >= 0.3 is 5.97 Å². The van der Waals surface area contributed by atoms with Gasteiger partial charge in [-0.15, -0.1) is 11.6 Å². The minimum absolute atomic E-state index is 0.0186. The lowest BCUT2D eigenvalue weighted by Crippen LogP contribution is -2.50. The number of alkyl halides is 1. The summed E-state index contributed by atoms with van der Waals surface area (Å²) in [5, 5.41) is -1.47. The molecule has 2 unspecified atom stereocenters. The Hall–Kier alpha value is -2.22. The normalized spacial score (nSPS) is 13.6. The van der Waals surface area contributed by atoms with E-state index in [1.807, 2.05) is 6.92 Å². The molecule has 0 saturated carbocycles. The fraction of sp³-hybridized carbons (Fsp3) is 0.263. The Kier molecular flexibility index (Phi) is 7.12. The molecule has 0 aliphatic heterocycles. The van der Waals surface area contributed by atoms with Crippen molar-refractivity contribution in [3.05, 3.63) is 65.7 Å². The van der Waals surface area contributed by atoms with E-state index < -0.39 is 33.2 Å². The zero-order valence-corrected chi connectivity index (χ0v) is 16.5. The summed E-state index contributed by atoms with van der Waals surface area (Å²) in [5.74, 6) is -1.50. The number of carbonyl (C=O) groups is 2. The lowest BCUT2D eigenvalue weighted by molar-refractivity contribution is -0.144. The SMILES string of the molecule is CCOC(=O)C(NS(=O)(=O)c1ccc(C)cc1)C(Cl)C(=O)c1ccccc1. The molecule has 2 rings (SSSR count). The van der Waals surface area contributed by atoms with Crippen molar-refractivity contribution in [3.8, 4) is 0 Å². The summed E-state index contributed by atoms with van der Waals surface area (Å²) in [6.07, 6.45) is 0. The van der Waals surface area contributed by atoms with Crippen LogP contribution in [0.4, 0.5) is 0 Å². The van der Waals surface area contributed by atoms with Crippen LogP contribution in [0.2, 0.25) is 0 Å². The third-order valence-corrected chi connectivity index (χ3v) is 5.66. The van der Waals surface area contributed by atoms with Crippen LogP contribution in [0.15, 0.2) is 59.5 Å². The Morgan fingerprint density at radius 3 is 2.22 bits per heavy atom. The van der Waals surface area contributed by atoms with E-state index in [9.17, 15) is 18.0 Å². The number of nitrogens with one attached hydrogen (secondary N) is 1. The van der Waals surface area contributed by atoms with Gasteiger partial charge < -0.3 is 4.74 Å². The Morgan fingerprint density at radius 1 is 1.07 bits per heavy atom. The van der Waals surface area contributed by atoms with Gasteiger partial charge in [0.05, 0.1) is 11.5 Å². The number of aryl methyl sites for hydroxylation is 1. The van der Waals surface area contributed by atoms with Gasteiger partial charge in [-0.05, 0) is 26.0 Å². The fourth-order valence-electron chi connectivity index (χ4n) is 2.32. The third kappa shape index (κ3) is 5.38. The largest absolute Gasteiger partial charge is 0.465 e. The predicted molar refractivity (Wildman–Crippen MR) is 102 cm³/mol. The molecule has 0 aromatic heterocycles. The van der Waals surface area contributed by atoms with Crippen LogP contribution in [-0.4, -0.2) is 38.2 Å². The number of benzene rings is 2. The molecule has 2 aromatic rings. The number of esters is 1. The molecule has 0 aliphatic carbocycles. The van der Waals surface area contributed by atoms with E-state index >= 15 is 0 Å². The van der Waals surface area contributed by atoms with Gasteiger partial charge in [0.1, 0.15) is 11.4 Å². The van der Waals surface area contributed by atoms with Crippen LogP contribution in [0.5, 0.6) is 0 Å². The summed E-state index contributed by atoms with van der Waals surface area (Å²) in [6.45, 7) is 3.41. The van der Waals surface area contributed by atoms with Gasteiger partial charge in [0.25, 0.3) is 0 Å². The molecular weight excluding hydrogens is 390 g/mol. The summed E-state index contributed by atoms with van der Waals surface area (Å²) in [6, 6.07) is 12.6. The first kappa shape index (κ1) is 21.1. The maximum Gasteiger partial charge on any atom is 0.326 e. The molecule has 2 atom stereocenters. The Balaban J connectivity index is 2.32. The van der Waals surface area contributed by atoms with Crippen molar-refractivity contribution in [1.82, 2.24) is 4.72 Å². The van der Waals surface area contributed by atoms with Crippen molar-refractivity contribution in [3.63, 3.8) is 0 Å². The Labute approximate surface area is 163 Å². The zero-order chi connectivity index (χ0) is 20.0. The first-order valence-corrected chi connectivity index (χ1v) is 10.2. The van der Waals surface area contributed by atoms with E-state index in [1.165, 1.54) is 24.3 Å². The van der Waals surface area contributed by atoms with Crippen molar-refractivity contribution in [1.29, 1.82) is 0 Å². The van der Waals surface area contributed by atoms with E-state index in [4.69, 9.17) is 16.3 Å². The van der Waals surface area contributed by atoms with Gasteiger partial charge in [0, 0.05) is 5.56 Å². The Bertz CT molecular complexity index is 897. The monoisotopic (exact) mass is 409 g/mol. The molecule has 144 valence electrons. The summed E-state index contributed by atoms with van der Waals surface area (Å²) in [5.41, 5.74) is 1.15. The minimum Gasteiger partial charge on any atom is -0.465 e. The van der Waals surface area contributed by atoms with Crippen LogP contribution in [0.3, 0.4) is 0 Å². The number of sulfonamides is 1. The summed E-state index contributed by atoms with van der Waals surface area (Å²) in [7, 11) is -4.09. The summed E-state index contributed by atoms with van der Waals surface area (Å²) < 4.78 is 32.4. The zero-order valence-electron chi connectivity index (χ0n) is 14.9. The maximum absolute atomic E-state index is 12.6. The first-order chi connectivity index (χ1) is 12.8. The highest BCUT2D eigenvalue weighted by Gasteiger charge is 2.37. The predicted octanol–water partition coefficient (Wildman–Crippen LogP) is 2.70. The van der Waals surface area contributed by atoms with Crippen LogP contribution < -0.4 is 4.72 Å². The van der Waals surface area contributed by atoms with Crippen molar-refractivity contribution in [2.45, 2.75) is 30.2 Å². The number of carbonyl (C=O) groups excluding carboxylic acids is 2. The van der Waals surface area contributed by atoms with Crippen molar-refractivity contribution < 1.29 is 22.7 Å². The summed E-state index contributed by atoms with van der Waals surface area (Å²) in [4.78, 5) is 24.8. The van der Waals surface area contributed by atoms with Crippen molar-refractivity contribution in [2.24, 2.45) is 0 Å². The van der Waals surface area contributed by atoms with E-state index in [2.05, 4.69) is 4.72 Å². The molecule has 0 aliphatic rings. The molecule has 2 aromatic carbocycles. The quantitative estimate of drug-likeness (QED) is 0.411. The van der Waals surface area contributed by atoms with Gasteiger partial charge in [0.15, 0.2) is 5.78 Å². The number of Topliss-reactive ketones (excluding diaryl/α,β-unsaturated/α-hetero) is 1. The number of hydrogen-bond donors (Lipinski definition) is 1. The number of ketones is 1. The number of ether oxygens (including phenoxy) is 1. The highest BCUT2D eigenvalue weighted by Crippen LogP contribution is 2.17. The van der Waals surface area contributed by atoms with E-state index in [-0.39, 0.29) is 17.1 Å². The third-order valence-electron chi connectivity index (χ3n) is 3.76. The van der Waals surface area contributed by atoms with Gasteiger partial charge in [-0.3, -0.25) is 9.59 Å². The molecule has 0 heterocycles. The second-order valence-corrected chi connectivity index (χ2v) is 7.98. The fourth-order valence-corrected chi connectivity index (χ4v) is 3.89. The van der Waals surface area contributed by atoms with Crippen LogP contribution in [-0.2, 0) is 19.6 Å². The second-order valence-electron chi connectivity index (χ2n) is 5.80. The van der Waals surface area contributed by atoms with E-state index in [1.54, 1.807) is 37.3 Å². The molecule has 6 nitrogen and oxygen atoms in total. The van der Waals surface area contributed by atoms with Crippen LogP contribution >= 0.6 is 11.6 Å². The molecule has 0 bridgehead atoms. The molecule has 27 heavy (non-hydrogen) atoms. The second kappa shape index (κ2) is 9.12. The van der Waals surface area contributed by atoms with Crippen LogP contribution in [0.25, 0.3) is 0 Å². The molecule has 0 saturated heterocycles. The molecule has 8 heteroatoms. The van der Waals surface area contributed by atoms with Gasteiger partial charge in [0.2, 0.25) is 10.0 Å². The average Bonchev–Trinajstić information content (AvgIpc) is 2.66. The number of rotatable bonds is 8. The topological polar surface area (TPSA) is 89.5 Å². The highest BCUT2D eigenvalue weighted by atomic mass is 35.5. The smallest absolute Gasteiger partial charge is 0.326 e. The lowest BCUT2D eigenvalue weighted by Gasteiger charge is -2.21. The first-order valence-electron chi connectivity index (χ1n) is 8.25. The molecule has 0 fully saturated rings. The van der Waals surface area contributed by atoms with Crippen LogP contribution in [0, 0.1) is 6.92 Å². The van der Waals surface area contributed by atoms with Gasteiger partial charge in [-0.2, -0.15) is 4.72 Å². The molecule has 0 amide bonds. The van der Waals surface area contributed by atoms with E-state index in [0.717, 1.165) is 5.56 Å². The maximum atomic E-state index is 12.6. The molecular formula is C19H20ClNO5S. The number of halogens is 1. The van der Waals surface area contributed by atoms with Crippen molar-refractivity contribution in [2.75, 3.05) is 6.61 Å². The number of hydrogen-bond acceptors (Lipinski definition) is 5. The van der Waals surface area contributed by atoms with Gasteiger partial charge in [-0.25, -0.2) is 8.42 Å². The summed E-state index contributed by atoms with van der Waals surface area (Å²) >= 11 is 6.20. The lowest BCUT2D eigenvalue weighted by atomic mass is 10.0. The van der Waals surface area contributed by atoms with Crippen LogP contribution in [0.1, 0.15) is 22.8 Å². The minimum atomic E-state index is -4.09. The Morgan fingerprint density at radius 2 is 1.67 bits per heavy atom. The van der Waals surface area contributed by atoms with Gasteiger partial charge in [-0.1, -0.05) is 48.0 Å². The van der Waals surface area contributed by atoms with Crippen molar-refractivity contribution >= 4 is 33.4 Å². The molecule has 1 N–H and O–H groups in total. The van der Waals surface area contributed by atoms with E-state index in [0.29, 0.717) is 0 Å². The molecule has 0 radical (unpaired) electrons. The molecule has 0 spiro atoms. The average molecular weight is 410 g/mol. The highest BCUT2D eigenvalue weighted by molar-refractivity contribution is 7.89.